The number of benzene rings is 1. The minimum absolute atomic E-state index is 0.143. The number of nitrogens with one attached hydrogen (secondary N) is 1. The molecule has 22 heavy (non-hydrogen) atoms. The molecule has 0 amide bonds. The van der Waals surface area contributed by atoms with Crippen LogP contribution in [0.15, 0.2) is 47.4 Å². The molecule has 2 rings (SSSR count). The molecule has 0 aromatic heterocycles. The van der Waals surface area contributed by atoms with Crippen LogP contribution in [0.1, 0.15) is 18.4 Å². The van der Waals surface area contributed by atoms with Crippen LogP contribution < -0.4 is 10.1 Å². The van der Waals surface area contributed by atoms with E-state index in [0.29, 0.717) is 17.0 Å². The average Bonchev–Trinajstić information content (AvgIpc) is 2.53. The van der Waals surface area contributed by atoms with Gasteiger partial charge in [0.25, 0.3) is 5.70 Å². The van der Waals surface area contributed by atoms with E-state index < -0.39 is 16.8 Å². The van der Waals surface area contributed by atoms with Gasteiger partial charge in [-0.15, -0.1) is 0 Å². The van der Waals surface area contributed by atoms with E-state index >= 15 is 0 Å². The van der Waals surface area contributed by atoms with Gasteiger partial charge >= 0.3 is 5.97 Å². The van der Waals surface area contributed by atoms with Crippen molar-refractivity contribution in [1.29, 1.82) is 0 Å². The fourth-order valence-corrected chi connectivity index (χ4v) is 2.47. The van der Waals surface area contributed by atoms with Crippen molar-refractivity contribution in [3.05, 3.63) is 63.1 Å². The Kier molecular flexibility index (Phi) is 4.45. The summed E-state index contributed by atoms with van der Waals surface area (Å²) in [5.74, 6) is -1.01. The minimum Gasteiger partial charge on any atom is -0.496 e. The second kappa shape index (κ2) is 6.30. The molecule has 0 aliphatic carbocycles. The van der Waals surface area contributed by atoms with Crippen molar-refractivity contribution in [3.8, 4) is 5.75 Å². The summed E-state index contributed by atoms with van der Waals surface area (Å²) in [7, 11) is 2.72. The number of para-hydroxylation sites is 1. The Hall–Kier alpha value is -2.83. The molecule has 1 aliphatic heterocycles. The zero-order valence-corrected chi connectivity index (χ0v) is 12.5. The van der Waals surface area contributed by atoms with Gasteiger partial charge in [0.2, 0.25) is 0 Å². The SMILES string of the molecule is COC(=O)C1=C(C)NC=C([N+](=O)[O-])C1c1ccccc1OC. The highest BCUT2D eigenvalue weighted by Gasteiger charge is 2.39. The summed E-state index contributed by atoms with van der Waals surface area (Å²) in [4.78, 5) is 23.0. The summed E-state index contributed by atoms with van der Waals surface area (Å²) in [6.45, 7) is 1.67. The van der Waals surface area contributed by atoms with Crippen molar-refractivity contribution < 1.29 is 19.2 Å². The topological polar surface area (TPSA) is 90.7 Å². The lowest BCUT2D eigenvalue weighted by Crippen LogP contribution is -2.28. The molecule has 1 atom stereocenters. The zero-order chi connectivity index (χ0) is 16.3. The fraction of sp³-hybridized carbons (Fsp3) is 0.267. The number of nitrogens with zero attached hydrogens (tertiary/aromatic N) is 1. The average molecular weight is 304 g/mol. The highest BCUT2D eigenvalue weighted by molar-refractivity contribution is 5.92. The van der Waals surface area contributed by atoms with Crippen molar-refractivity contribution in [3.63, 3.8) is 0 Å². The van der Waals surface area contributed by atoms with Crippen LogP contribution in [0.25, 0.3) is 0 Å². The Labute approximate surface area is 127 Å². The van der Waals surface area contributed by atoms with Crippen molar-refractivity contribution in [2.24, 2.45) is 0 Å². The number of methoxy groups -OCH3 is 2. The molecule has 1 N–H and O–H groups in total. The Bertz CT molecular complexity index is 678. The fourth-order valence-electron chi connectivity index (χ4n) is 2.47. The maximum Gasteiger partial charge on any atom is 0.336 e. The third kappa shape index (κ3) is 2.65. The summed E-state index contributed by atoms with van der Waals surface area (Å²) < 4.78 is 10.1. The van der Waals surface area contributed by atoms with Gasteiger partial charge in [0.05, 0.1) is 30.9 Å². The monoisotopic (exact) mass is 304 g/mol. The van der Waals surface area contributed by atoms with E-state index in [1.54, 1.807) is 31.2 Å². The molecule has 7 heteroatoms. The summed E-state index contributed by atoms with van der Waals surface area (Å²) in [6, 6.07) is 6.89. The molecule has 0 saturated heterocycles. The van der Waals surface area contributed by atoms with E-state index in [1.807, 2.05) is 0 Å². The summed E-state index contributed by atoms with van der Waals surface area (Å²) >= 11 is 0. The zero-order valence-electron chi connectivity index (χ0n) is 12.5. The lowest BCUT2D eigenvalue weighted by Gasteiger charge is -2.24. The third-order valence-electron chi connectivity index (χ3n) is 3.49. The van der Waals surface area contributed by atoms with Crippen molar-refractivity contribution in [2.45, 2.75) is 12.8 Å². The van der Waals surface area contributed by atoms with Gasteiger partial charge in [-0.05, 0) is 13.0 Å². The number of carbonyl (C=O) groups is 1. The predicted molar refractivity (Wildman–Crippen MR) is 78.7 cm³/mol. The summed E-state index contributed by atoms with van der Waals surface area (Å²) in [6.07, 6.45) is 1.29. The van der Waals surface area contributed by atoms with E-state index in [4.69, 9.17) is 9.47 Å². The van der Waals surface area contributed by atoms with Gasteiger partial charge in [0, 0.05) is 11.3 Å². The Morgan fingerprint density at radius 3 is 2.59 bits per heavy atom. The maximum atomic E-state index is 12.1. The van der Waals surface area contributed by atoms with Gasteiger partial charge in [0.1, 0.15) is 11.7 Å². The molecule has 0 radical (unpaired) electrons. The number of ether oxygens (including phenoxy) is 2. The summed E-state index contributed by atoms with van der Waals surface area (Å²) in [5.41, 5.74) is 1.10. The van der Waals surface area contributed by atoms with Crippen LogP contribution in [0.5, 0.6) is 5.75 Å². The van der Waals surface area contributed by atoms with Gasteiger partial charge in [-0.1, -0.05) is 18.2 Å². The Balaban J connectivity index is 2.67. The first kappa shape index (κ1) is 15.6. The summed E-state index contributed by atoms with van der Waals surface area (Å²) in [5, 5.41) is 14.1. The highest BCUT2D eigenvalue weighted by atomic mass is 16.6. The number of allylic oxidation sites excluding steroid dienone is 2. The second-order valence-corrected chi connectivity index (χ2v) is 4.68. The Morgan fingerprint density at radius 1 is 1.32 bits per heavy atom. The van der Waals surface area contributed by atoms with Crippen molar-refractivity contribution in [1.82, 2.24) is 5.32 Å². The van der Waals surface area contributed by atoms with Crippen LogP contribution in [0.2, 0.25) is 0 Å². The highest BCUT2D eigenvalue weighted by Crippen LogP contribution is 2.40. The van der Waals surface area contributed by atoms with Crippen LogP contribution in [0, 0.1) is 10.1 Å². The molecule has 116 valence electrons. The van der Waals surface area contributed by atoms with Gasteiger partial charge < -0.3 is 14.8 Å². The molecule has 1 aromatic carbocycles. The van der Waals surface area contributed by atoms with Crippen LogP contribution in [0.4, 0.5) is 0 Å². The van der Waals surface area contributed by atoms with Crippen molar-refractivity contribution in [2.75, 3.05) is 14.2 Å². The van der Waals surface area contributed by atoms with Crippen LogP contribution in [-0.4, -0.2) is 25.1 Å². The number of hydrogen-bond acceptors (Lipinski definition) is 6. The largest absolute Gasteiger partial charge is 0.496 e. The first-order valence-corrected chi connectivity index (χ1v) is 6.54. The third-order valence-corrected chi connectivity index (χ3v) is 3.49. The predicted octanol–water partition coefficient (Wildman–Crippen LogP) is 1.95. The van der Waals surface area contributed by atoms with Gasteiger partial charge in [-0.3, -0.25) is 10.1 Å². The number of carbonyl (C=O) groups excluding carboxylic acids is 1. The lowest BCUT2D eigenvalue weighted by molar-refractivity contribution is -0.429. The normalized spacial score (nSPS) is 17.4. The molecule has 1 heterocycles. The van der Waals surface area contributed by atoms with Crippen LogP contribution in [-0.2, 0) is 9.53 Å². The number of dihydropyridines is 1. The van der Waals surface area contributed by atoms with E-state index in [-0.39, 0.29) is 11.3 Å². The molecule has 0 saturated carbocycles. The molecular formula is C15H16N2O5. The first-order chi connectivity index (χ1) is 10.5. The van der Waals surface area contributed by atoms with Crippen LogP contribution in [0.3, 0.4) is 0 Å². The number of nitro groups is 1. The lowest BCUT2D eigenvalue weighted by atomic mass is 9.85. The molecule has 7 nitrogen and oxygen atoms in total. The van der Waals surface area contributed by atoms with Gasteiger partial charge in [-0.2, -0.15) is 0 Å². The second-order valence-electron chi connectivity index (χ2n) is 4.68. The van der Waals surface area contributed by atoms with E-state index in [2.05, 4.69) is 5.32 Å². The number of hydrogen-bond donors (Lipinski definition) is 1. The molecule has 1 aliphatic rings. The van der Waals surface area contributed by atoms with Crippen molar-refractivity contribution >= 4 is 5.97 Å². The number of esters is 1. The first-order valence-electron chi connectivity index (χ1n) is 6.54. The number of rotatable bonds is 4. The Morgan fingerprint density at radius 2 is 2.00 bits per heavy atom. The molecule has 1 aromatic rings. The molecule has 1 unspecified atom stereocenters. The van der Waals surface area contributed by atoms with E-state index in [1.165, 1.54) is 20.4 Å². The minimum atomic E-state index is -0.861. The standard InChI is InChI=1S/C15H16N2O5/c1-9-13(15(18)22-3)14(11(8-16-9)17(19)20)10-6-4-5-7-12(10)21-2/h4-8,14,16H,1-3H3. The van der Waals surface area contributed by atoms with Gasteiger partial charge in [0.15, 0.2) is 0 Å². The molecule has 0 bridgehead atoms. The molecule has 0 fully saturated rings. The van der Waals surface area contributed by atoms with E-state index in [0.717, 1.165) is 0 Å². The maximum absolute atomic E-state index is 12.1. The van der Waals surface area contributed by atoms with E-state index in [9.17, 15) is 14.9 Å². The molecule has 0 spiro atoms. The van der Waals surface area contributed by atoms with Crippen LogP contribution >= 0.6 is 0 Å². The smallest absolute Gasteiger partial charge is 0.336 e. The quantitative estimate of drug-likeness (QED) is 0.519. The van der Waals surface area contributed by atoms with Gasteiger partial charge in [-0.25, -0.2) is 4.79 Å². The molecular weight excluding hydrogens is 288 g/mol.